The molecule has 2 fully saturated rings. The van der Waals surface area contributed by atoms with Crippen LogP contribution in [0, 0.1) is 12.3 Å². The van der Waals surface area contributed by atoms with E-state index in [4.69, 9.17) is 14.5 Å². The molecule has 1 amide bonds. The molecule has 1 saturated heterocycles. The first kappa shape index (κ1) is 24.7. The van der Waals surface area contributed by atoms with Crippen molar-refractivity contribution in [3.8, 4) is 22.4 Å². The highest BCUT2D eigenvalue weighted by Gasteiger charge is 2.36. The average Bonchev–Trinajstić information content (AvgIpc) is 3.43. The monoisotopic (exact) mass is 476 g/mol. The summed E-state index contributed by atoms with van der Waals surface area (Å²) < 4.78 is 7.39. The molecule has 3 heterocycles. The van der Waals surface area contributed by atoms with Gasteiger partial charge in [0.15, 0.2) is 0 Å². The molecule has 8 nitrogen and oxygen atoms in total. The van der Waals surface area contributed by atoms with Gasteiger partial charge in [-0.25, -0.2) is 4.98 Å². The van der Waals surface area contributed by atoms with E-state index in [1.54, 1.807) is 0 Å². The number of nitrogens with two attached hydrogens (primary N) is 1. The summed E-state index contributed by atoms with van der Waals surface area (Å²) in [5, 5.41) is 8.01. The SMILES string of the molecule is Cc1ccc(NCCC2(C)CC2)cc1-c1cc(-c2cnn(C)c2)nc(N2CCOCC2)c1.NC=O. The smallest absolute Gasteiger partial charge is 0.204 e. The summed E-state index contributed by atoms with van der Waals surface area (Å²) >= 11 is 0. The van der Waals surface area contributed by atoms with Gasteiger partial charge in [0.1, 0.15) is 5.82 Å². The van der Waals surface area contributed by atoms with Crippen LogP contribution in [0.1, 0.15) is 31.7 Å². The van der Waals surface area contributed by atoms with Crippen LogP contribution in [0.15, 0.2) is 42.7 Å². The number of aromatic nitrogens is 3. The molecular formula is C27H36N6O2. The van der Waals surface area contributed by atoms with Gasteiger partial charge in [-0.3, -0.25) is 9.48 Å². The van der Waals surface area contributed by atoms with Gasteiger partial charge in [-0.05, 0) is 72.6 Å². The lowest BCUT2D eigenvalue weighted by atomic mass is 9.98. The molecule has 1 aliphatic heterocycles. The van der Waals surface area contributed by atoms with Crippen LogP contribution in [0.25, 0.3) is 22.4 Å². The Labute approximate surface area is 207 Å². The number of hydrogen-bond acceptors (Lipinski definition) is 6. The van der Waals surface area contributed by atoms with Crippen LogP contribution in [0.4, 0.5) is 11.5 Å². The normalized spacial score (nSPS) is 16.3. The number of morpholine rings is 1. The Morgan fingerprint density at radius 1 is 1.17 bits per heavy atom. The Bertz CT molecular complexity index is 1150. The quantitative estimate of drug-likeness (QED) is 0.500. The summed E-state index contributed by atoms with van der Waals surface area (Å²) in [7, 11) is 1.94. The molecular weight excluding hydrogens is 440 g/mol. The number of carbonyl (C=O) groups excluding carboxylic acids is 1. The zero-order valence-corrected chi connectivity index (χ0v) is 21.0. The lowest BCUT2D eigenvalue weighted by molar-refractivity contribution is -0.106. The molecule has 1 saturated carbocycles. The summed E-state index contributed by atoms with van der Waals surface area (Å²) in [5.74, 6) is 1.00. The van der Waals surface area contributed by atoms with E-state index in [2.05, 4.69) is 65.2 Å². The second-order valence-corrected chi connectivity index (χ2v) is 9.75. The van der Waals surface area contributed by atoms with Gasteiger partial charge in [-0.1, -0.05) is 13.0 Å². The van der Waals surface area contributed by atoms with Gasteiger partial charge >= 0.3 is 0 Å². The van der Waals surface area contributed by atoms with Gasteiger partial charge in [0.25, 0.3) is 0 Å². The predicted molar refractivity (Wildman–Crippen MR) is 140 cm³/mol. The number of primary amides is 1. The largest absolute Gasteiger partial charge is 0.385 e. The van der Waals surface area contributed by atoms with Crippen molar-refractivity contribution in [2.24, 2.45) is 18.2 Å². The number of nitrogens with zero attached hydrogens (tertiary/aromatic N) is 4. The van der Waals surface area contributed by atoms with Crippen molar-refractivity contribution in [3.63, 3.8) is 0 Å². The number of carbonyl (C=O) groups is 1. The molecule has 5 rings (SSSR count). The van der Waals surface area contributed by atoms with Crippen LogP contribution in [0.2, 0.25) is 0 Å². The molecule has 0 spiro atoms. The minimum absolute atomic E-state index is 0.250. The number of aryl methyl sites for hydroxylation is 2. The Hall–Kier alpha value is -3.39. The first-order valence-electron chi connectivity index (χ1n) is 12.2. The zero-order valence-electron chi connectivity index (χ0n) is 21.0. The lowest BCUT2D eigenvalue weighted by Gasteiger charge is -2.28. The highest BCUT2D eigenvalue weighted by molar-refractivity contribution is 5.77. The van der Waals surface area contributed by atoms with Crippen molar-refractivity contribution in [2.45, 2.75) is 33.1 Å². The van der Waals surface area contributed by atoms with Crippen LogP contribution in [-0.2, 0) is 16.6 Å². The molecule has 186 valence electrons. The molecule has 0 unspecified atom stereocenters. The fourth-order valence-electron chi connectivity index (χ4n) is 4.34. The molecule has 2 aliphatic rings. The van der Waals surface area contributed by atoms with Crippen LogP contribution >= 0.6 is 0 Å². The van der Waals surface area contributed by atoms with E-state index in [9.17, 15) is 0 Å². The van der Waals surface area contributed by atoms with Crippen molar-refractivity contribution in [1.29, 1.82) is 0 Å². The second-order valence-electron chi connectivity index (χ2n) is 9.75. The van der Waals surface area contributed by atoms with E-state index in [-0.39, 0.29) is 6.41 Å². The number of amides is 1. The molecule has 0 radical (unpaired) electrons. The molecule has 3 aromatic rings. The molecule has 1 aliphatic carbocycles. The number of hydrogen-bond donors (Lipinski definition) is 2. The van der Waals surface area contributed by atoms with E-state index >= 15 is 0 Å². The van der Waals surface area contributed by atoms with Crippen molar-refractivity contribution >= 4 is 17.9 Å². The van der Waals surface area contributed by atoms with E-state index in [1.807, 2.05) is 24.1 Å². The first-order chi connectivity index (χ1) is 16.9. The predicted octanol–water partition coefficient (Wildman–Crippen LogP) is 4.00. The number of benzene rings is 1. The van der Waals surface area contributed by atoms with E-state index in [0.717, 1.165) is 49.9 Å². The van der Waals surface area contributed by atoms with E-state index in [0.29, 0.717) is 5.41 Å². The van der Waals surface area contributed by atoms with Gasteiger partial charge in [0, 0.05) is 44.1 Å². The Morgan fingerprint density at radius 3 is 2.57 bits per heavy atom. The van der Waals surface area contributed by atoms with Gasteiger partial charge < -0.3 is 20.7 Å². The van der Waals surface area contributed by atoms with Crippen molar-refractivity contribution < 1.29 is 9.53 Å². The lowest BCUT2D eigenvalue weighted by Crippen LogP contribution is -2.36. The van der Waals surface area contributed by atoms with Gasteiger partial charge in [0.2, 0.25) is 6.41 Å². The maximum atomic E-state index is 8.58. The fraction of sp³-hybridized carbons (Fsp3) is 0.444. The van der Waals surface area contributed by atoms with Crippen molar-refractivity contribution in [2.75, 3.05) is 43.1 Å². The average molecular weight is 477 g/mol. The third-order valence-electron chi connectivity index (χ3n) is 6.86. The Balaban J connectivity index is 0.000000917. The maximum Gasteiger partial charge on any atom is 0.204 e. The van der Waals surface area contributed by atoms with Gasteiger partial charge in [0.05, 0.1) is 25.1 Å². The van der Waals surface area contributed by atoms with Crippen molar-refractivity contribution in [1.82, 2.24) is 14.8 Å². The van der Waals surface area contributed by atoms with Gasteiger partial charge in [-0.2, -0.15) is 5.10 Å². The topological polar surface area (TPSA) is 98.3 Å². The van der Waals surface area contributed by atoms with Crippen LogP contribution in [0.5, 0.6) is 0 Å². The summed E-state index contributed by atoms with van der Waals surface area (Å²) in [4.78, 5) is 15.9. The van der Waals surface area contributed by atoms with E-state index in [1.165, 1.54) is 41.6 Å². The summed E-state index contributed by atoms with van der Waals surface area (Å²) in [6.45, 7) is 8.80. The summed E-state index contributed by atoms with van der Waals surface area (Å²) in [6, 6.07) is 11.1. The number of nitrogens with one attached hydrogen (secondary N) is 1. The molecule has 1 aromatic carbocycles. The molecule has 35 heavy (non-hydrogen) atoms. The highest BCUT2D eigenvalue weighted by Crippen LogP contribution is 2.47. The third kappa shape index (κ3) is 6.39. The van der Waals surface area contributed by atoms with E-state index < -0.39 is 0 Å². The molecule has 3 N–H and O–H groups in total. The standard InChI is InChI=1S/C26H33N5O.CH3NO/c1-19-4-5-22(27-9-8-26(2)6-7-26)16-23(19)20-14-24(21-17-28-30(3)18-21)29-25(15-20)31-10-12-32-13-11-31;2-1-3/h4-5,14-18,27H,6-13H2,1-3H3;1H,(H2,2,3). The summed E-state index contributed by atoms with van der Waals surface area (Å²) in [6.07, 6.45) is 8.13. The minimum atomic E-state index is 0.250. The number of pyridine rings is 1. The fourth-order valence-corrected chi connectivity index (χ4v) is 4.34. The molecule has 2 aromatic heterocycles. The zero-order chi connectivity index (χ0) is 24.8. The number of rotatable bonds is 7. The summed E-state index contributed by atoms with van der Waals surface area (Å²) in [5.41, 5.74) is 11.6. The van der Waals surface area contributed by atoms with Crippen molar-refractivity contribution in [3.05, 3.63) is 48.3 Å². The highest BCUT2D eigenvalue weighted by atomic mass is 16.5. The number of ether oxygens (including phenoxy) is 1. The van der Waals surface area contributed by atoms with Gasteiger partial charge in [-0.15, -0.1) is 0 Å². The van der Waals surface area contributed by atoms with Crippen LogP contribution in [0.3, 0.4) is 0 Å². The van der Waals surface area contributed by atoms with Crippen LogP contribution < -0.4 is 16.0 Å². The number of anilines is 2. The maximum absolute atomic E-state index is 8.58. The molecule has 8 heteroatoms. The Morgan fingerprint density at radius 2 is 1.91 bits per heavy atom. The second kappa shape index (κ2) is 10.9. The minimum Gasteiger partial charge on any atom is -0.385 e. The molecule has 0 atom stereocenters. The van der Waals surface area contributed by atoms with Crippen LogP contribution in [-0.4, -0.2) is 54.0 Å². The Kier molecular flexibility index (Phi) is 7.70. The third-order valence-corrected chi connectivity index (χ3v) is 6.86. The first-order valence-corrected chi connectivity index (χ1v) is 12.2. The molecule has 0 bridgehead atoms.